The van der Waals surface area contributed by atoms with E-state index < -0.39 is 5.82 Å². The van der Waals surface area contributed by atoms with Gasteiger partial charge in [0.25, 0.3) is 0 Å². The lowest BCUT2D eigenvalue weighted by Gasteiger charge is -2.36. The molecule has 4 nitrogen and oxygen atoms in total. The van der Waals surface area contributed by atoms with Gasteiger partial charge in [0.15, 0.2) is 0 Å². The van der Waals surface area contributed by atoms with Gasteiger partial charge in [0, 0.05) is 32.7 Å². The Morgan fingerprint density at radius 2 is 1.95 bits per heavy atom. The third-order valence-corrected chi connectivity index (χ3v) is 3.94. The predicted octanol–water partition coefficient (Wildman–Crippen LogP) is 2.12. The maximum absolute atomic E-state index is 13.3. The monoisotopic (exact) mass is 286 g/mol. The van der Waals surface area contributed by atoms with Crippen molar-refractivity contribution in [2.45, 2.75) is 25.9 Å². The minimum atomic E-state index is -0.467. The number of piperazine rings is 1. The maximum Gasteiger partial charge on any atom is 0.140 e. The molecule has 1 unspecified atom stereocenters. The second-order valence-corrected chi connectivity index (χ2v) is 5.29. The first-order chi connectivity index (χ1) is 10.2. The maximum atomic E-state index is 13.3. The summed E-state index contributed by atoms with van der Waals surface area (Å²) in [6.45, 7) is 6.26. The average molecular weight is 286 g/mol. The third kappa shape index (κ3) is 3.78. The van der Waals surface area contributed by atoms with Crippen molar-refractivity contribution in [3.05, 3.63) is 35.1 Å². The molecule has 21 heavy (non-hydrogen) atoms. The molecule has 0 spiro atoms. The zero-order valence-corrected chi connectivity index (χ0v) is 12.2. The minimum Gasteiger partial charge on any atom is -0.297 e. The number of nitriles is 2. The van der Waals surface area contributed by atoms with E-state index in [0.717, 1.165) is 38.2 Å². The Labute approximate surface area is 125 Å². The Kier molecular flexibility index (Phi) is 5.27. The van der Waals surface area contributed by atoms with Crippen molar-refractivity contribution in [3.63, 3.8) is 0 Å². The highest BCUT2D eigenvalue weighted by atomic mass is 19.1. The zero-order chi connectivity index (χ0) is 15.2. The topological polar surface area (TPSA) is 54.1 Å². The van der Waals surface area contributed by atoms with Crippen LogP contribution in [0, 0.1) is 28.5 Å². The quantitative estimate of drug-likeness (QED) is 0.850. The average Bonchev–Trinajstić information content (AvgIpc) is 2.52. The zero-order valence-electron chi connectivity index (χ0n) is 12.2. The molecule has 0 N–H and O–H groups in total. The van der Waals surface area contributed by atoms with E-state index in [4.69, 9.17) is 10.5 Å². The van der Waals surface area contributed by atoms with E-state index in [1.54, 1.807) is 12.1 Å². The predicted molar refractivity (Wildman–Crippen MR) is 77.7 cm³/mol. The van der Waals surface area contributed by atoms with E-state index in [2.05, 4.69) is 15.9 Å². The molecule has 5 heteroatoms. The smallest absolute Gasteiger partial charge is 0.140 e. The van der Waals surface area contributed by atoms with Crippen molar-refractivity contribution < 1.29 is 4.39 Å². The summed E-state index contributed by atoms with van der Waals surface area (Å²) in [6, 6.07) is 8.91. The van der Waals surface area contributed by atoms with Crippen LogP contribution in [0.2, 0.25) is 0 Å². The van der Waals surface area contributed by atoms with E-state index in [0.29, 0.717) is 6.54 Å². The molecular formula is C16H19FN4. The van der Waals surface area contributed by atoms with Crippen LogP contribution >= 0.6 is 0 Å². The Balaban J connectivity index is 1.92. The standard InChI is InChI=1S/C16H19FN4/c1-2-15(11-19)21-7-5-20(6-8-21)12-13-3-4-16(17)14(9-13)10-18/h3-4,9,15H,2,5-8,12H2,1H3. The molecule has 0 bridgehead atoms. The van der Waals surface area contributed by atoms with Crippen molar-refractivity contribution in [3.8, 4) is 12.1 Å². The summed E-state index contributed by atoms with van der Waals surface area (Å²) < 4.78 is 13.3. The first kappa shape index (κ1) is 15.4. The molecule has 1 aromatic carbocycles. The molecule has 0 saturated carbocycles. The van der Waals surface area contributed by atoms with E-state index in [-0.39, 0.29) is 11.6 Å². The lowest BCUT2D eigenvalue weighted by atomic mass is 10.1. The van der Waals surface area contributed by atoms with Gasteiger partial charge in [-0.05, 0) is 24.1 Å². The molecule has 1 fully saturated rings. The van der Waals surface area contributed by atoms with Crippen LogP contribution in [0.3, 0.4) is 0 Å². The van der Waals surface area contributed by atoms with E-state index in [1.807, 2.05) is 13.0 Å². The van der Waals surface area contributed by atoms with Crippen LogP contribution in [0.15, 0.2) is 18.2 Å². The first-order valence-corrected chi connectivity index (χ1v) is 7.22. The van der Waals surface area contributed by atoms with Crippen molar-refractivity contribution in [1.82, 2.24) is 9.80 Å². The molecule has 1 saturated heterocycles. The fraction of sp³-hybridized carbons (Fsp3) is 0.500. The van der Waals surface area contributed by atoms with Gasteiger partial charge in [0.05, 0.1) is 17.7 Å². The molecule has 110 valence electrons. The molecule has 1 heterocycles. The highest BCUT2D eigenvalue weighted by molar-refractivity contribution is 5.34. The van der Waals surface area contributed by atoms with Crippen LogP contribution in [-0.4, -0.2) is 42.0 Å². The van der Waals surface area contributed by atoms with Gasteiger partial charge in [-0.15, -0.1) is 0 Å². The highest BCUT2D eigenvalue weighted by Crippen LogP contribution is 2.14. The summed E-state index contributed by atoms with van der Waals surface area (Å²) in [5.41, 5.74) is 1.05. The molecule has 1 aliphatic rings. The van der Waals surface area contributed by atoms with Crippen LogP contribution in [0.25, 0.3) is 0 Å². The summed E-state index contributed by atoms with van der Waals surface area (Å²) >= 11 is 0. The Bertz CT molecular complexity index is 565. The summed E-state index contributed by atoms with van der Waals surface area (Å²) in [5, 5.41) is 17.9. The van der Waals surface area contributed by atoms with Crippen LogP contribution < -0.4 is 0 Å². The van der Waals surface area contributed by atoms with Crippen molar-refractivity contribution in [2.75, 3.05) is 26.2 Å². The summed E-state index contributed by atoms with van der Waals surface area (Å²) in [5.74, 6) is -0.467. The van der Waals surface area contributed by atoms with Crippen LogP contribution in [0.4, 0.5) is 4.39 Å². The summed E-state index contributed by atoms with van der Waals surface area (Å²) in [4.78, 5) is 4.48. The number of nitrogens with zero attached hydrogens (tertiary/aromatic N) is 4. The Hall–Kier alpha value is -1.95. The normalized spacial score (nSPS) is 17.9. The van der Waals surface area contributed by atoms with Gasteiger partial charge in [-0.2, -0.15) is 10.5 Å². The Morgan fingerprint density at radius 3 is 2.52 bits per heavy atom. The SMILES string of the molecule is CCC(C#N)N1CCN(Cc2ccc(F)c(C#N)c2)CC1. The molecule has 1 aromatic rings. The van der Waals surface area contributed by atoms with Crippen molar-refractivity contribution in [1.29, 1.82) is 10.5 Å². The van der Waals surface area contributed by atoms with Gasteiger partial charge in [-0.1, -0.05) is 13.0 Å². The fourth-order valence-electron chi connectivity index (χ4n) is 2.68. The largest absolute Gasteiger partial charge is 0.297 e. The van der Waals surface area contributed by atoms with Crippen LogP contribution in [0.5, 0.6) is 0 Å². The molecule has 0 aliphatic carbocycles. The molecule has 2 rings (SSSR count). The lowest BCUT2D eigenvalue weighted by molar-refractivity contribution is 0.108. The number of rotatable bonds is 4. The number of halogens is 1. The number of hydrogen-bond acceptors (Lipinski definition) is 4. The second-order valence-electron chi connectivity index (χ2n) is 5.29. The summed E-state index contributed by atoms with van der Waals surface area (Å²) in [6.07, 6.45) is 0.847. The Morgan fingerprint density at radius 1 is 1.24 bits per heavy atom. The van der Waals surface area contributed by atoms with Crippen molar-refractivity contribution >= 4 is 0 Å². The molecule has 1 atom stereocenters. The number of hydrogen-bond donors (Lipinski definition) is 0. The molecule has 1 aliphatic heterocycles. The number of benzene rings is 1. The van der Waals surface area contributed by atoms with E-state index in [1.165, 1.54) is 6.07 Å². The van der Waals surface area contributed by atoms with Gasteiger partial charge < -0.3 is 0 Å². The van der Waals surface area contributed by atoms with Gasteiger partial charge in [-0.3, -0.25) is 9.80 Å². The summed E-state index contributed by atoms with van der Waals surface area (Å²) in [7, 11) is 0. The molecular weight excluding hydrogens is 267 g/mol. The van der Waals surface area contributed by atoms with Gasteiger partial charge in [0.1, 0.15) is 11.9 Å². The van der Waals surface area contributed by atoms with Crippen LogP contribution in [0.1, 0.15) is 24.5 Å². The first-order valence-electron chi connectivity index (χ1n) is 7.22. The molecule has 0 aromatic heterocycles. The molecule has 0 radical (unpaired) electrons. The van der Waals surface area contributed by atoms with Gasteiger partial charge >= 0.3 is 0 Å². The fourth-order valence-corrected chi connectivity index (χ4v) is 2.68. The highest BCUT2D eigenvalue weighted by Gasteiger charge is 2.22. The third-order valence-electron chi connectivity index (χ3n) is 3.94. The lowest BCUT2D eigenvalue weighted by Crippen LogP contribution is -2.49. The van der Waals surface area contributed by atoms with Crippen LogP contribution in [-0.2, 0) is 6.54 Å². The van der Waals surface area contributed by atoms with Gasteiger partial charge in [0.2, 0.25) is 0 Å². The van der Waals surface area contributed by atoms with E-state index >= 15 is 0 Å². The molecule has 0 amide bonds. The van der Waals surface area contributed by atoms with Gasteiger partial charge in [-0.25, -0.2) is 4.39 Å². The second kappa shape index (κ2) is 7.17. The minimum absolute atomic E-state index is 0.00293. The van der Waals surface area contributed by atoms with E-state index in [9.17, 15) is 4.39 Å². The van der Waals surface area contributed by atoms with Crippen molar-refractivity contribution in [2.24, 2.45) is 0 Å².